The monoisotopic (exact) mass is 175 g/mol. The zero-order chi connectivity index (χ0) is 9.26. The predicted molar refractivity (Wildman–Crippen MR) is 48.9 cm³/mol. The quantitative estimate of drug-likeness (QED) is 0.699. The third-order valence-electron chi connectivity index (χ3n) is 1.82. The summed E-state index contributed by atoms with van der Waals surface area (Å²) in [5.74, 6) is 0. The molecule has 0 saturated heterocycles. The first kappa shape index (κ1) is 7.79. The number of H-pyrrole nitrogens is 1. The van der Waals surface area contributed by atoms with Crippen LogP contribution in [0.2, 0.25) is 0 Å². The highest BCUT2D eigenvalue weighted by Gasteiger charge is 1.98. The number of aromatic amines is 1. The van der Waals surface area contributed by atoms with E-state index >= 15 is 0 Å². The van der Waals surface area contributed by atoms with Gasteiger partial charge in [0.15, 0.2) is 0 Å². The van der Waals surface area contributed by atoms with Gasteiger partial charge in [0.2, 0.25) is 0 Å². The zero-order valence-electron chi connectivity index (χ0n) is 7.19. The summed E-state index contributed by atoms with van der Waals surface area (Å²) in [6, 6.07) is 3.73. The molecule has 0 aliphatic rings. The van der Waals surface area contributed by atoms with Crippen molar-refractivity contribution in [1.29, 1.82) is 0 Å². The van der Waals surface area contributed by atoms with Gasteiger partial charge >= 0.3 is 5.69 Å². The van der Waals surface area contributed by atoms with E-state index in [9.17, 15) is 4.79 Å². The molecule has 0 aromatic carbocycles. The van der Waals surface area contributed by atoms with E-state index in [4.69, 9.17) is 0 Å². The lowest BCUT2D eigenvalue weighted by Gasteiger charge is -1.99. The second kappa shape index (κ2) is 2.90. The van der Waals surface area contributed by atoms with Crippen LogP contribution in [0.4, 0.5) is 0 Å². The Morgan fingerprint density at radius 2 is 2.31 bits per heavy atom. The summed E-state index contributed by atoms with van der Waals surface area (Å²) >= 11 is 0. The van der Waals surface area contributed by atoms with Gasteiger partial charge < -0.3 is 4.98 Å². The van der Waals surface area contributed by atoms with Crippen LogP contribution in [0, 0.1) is 6.92 Å². The van der Waals surface area contributed by atoms with Gasteiger partial charge in [-0.05, 0) is 19.1 Å². The molecular formula is C9H9N3O. The number of imidazole rings is 1. The number of nitrogens with zero attached hydrogens (tertiary/aromatic N) is 2. The summed E-state index contributed by atoms with van der Waals surface area (Å²) in [6.45, 7) is 1.91. The topological polar surface area (TPSA) is 50.7 Å². The first-order valence-electron chi connectivity index (χ1n) is 3.96. The van der Waals surface area contributed by atoms with E-state index in [0.29, 0.717) is 0 Å². The lowest BCUT2D eigenvalue weighted by atomic mass is 10.3. The number of pyridine rings is 1. The highest BCUT2D eigenvalue weighted by Crippen LogP contribution is 2.02. The van der Waals surface area contributed by atoms with Crippen LogP contribution in [0.25, 0.3) is 5.69 Å². The van der Waals surface area contributed by atoms with Crippen molar-refractivity contribution in [2.75, 3.05) is 0 Å². The number of hydrogen-bond acceptors (Lipinski definition) is 2. The van der Waals surface area contributed by atoms with Crippen LogP contribution < -0.4 is 5.69 Å². The first-order valence-corrected chi connectivity index (χ1v) is 3.96. The predicted octanol–water partition coefficient (Wildman–Crippen LogP) is 0.869. The fourth-order valence-electron chi connectivity index (χ4n) is 1.13. The molecule has 0 aliphatic carbocycles. The highest BCUT2D eigenvalue weighted by molar-refractivity contribution is 5.28. The maximum absolute atomic E-state index is 11.2. The van der Waals surface area contributed by atoms with Crippen molar-refractivity contribution in [2.45, 2.75) is 6.92 Å². The molecular weight excluding hydrogens is 166 g/mol. The van der Waals surface area contributed by atoms with Crippen molar-refractivity contribution in [2.24, 2.45) is 0 Å². The van der Waals surface area contributed by atoms with Crippen LogP contribution in [0.1, 0.15) is 5.69 Å². The van der Waals surface area contributed by atoms with Crippen molar-refractivity contribution in [1.82, 2.24) is 14.5 Å². The zero-order valence-corrected chi connectivity index (χ0v) is 7.19. The van der Waals surface area contributed by atoms with Crippen molar-refractivity contribution in [3.05, 3.63) is 46.9 Å². The molecule has 2 heterocycles. The van der Waals surface area contributed by atoms with Gasteiger partial charge in [0.05, 0.1) is 11.9 Å². The smallest absolute Gasteiger partial charge is 0.312 e. The normalized spacial score (nSPS) is 10.2. The Hall–Kier alpha value is -1.84. The van der Waals surface area contributed by atoms with Crippen LogP contribution in [-0.4, -0.2) is 14.5 Å². The van der Waals surface area contributed by atoms with Gasteiger partial charge in [-0.25, -0.2) is 4.79 Å². The van der Waals surface area contributed by atoms with Gasteiger partial charge in [-0.15, -0.1) is 0 Å². The molecule has 2 aromatic rings. The minimum absolute atomic E-state index is 0.148. The Bertz CT molecular complexity index is 452. The van der Waals surface area contributed by atoms with Gasteiger partial charge in [0, 0.05) is 18.1 Å². The van der Waals surface area contributed by atoms with E-state index in [-0.39, 0.29) is 5.69 Å². The van der Waals surface area contributed by atoms with Crippen LogP contribution in [0.15, 0.2) is 35.5 Å². The third kappa shape index (κ3) is 1.38. The van der Waals surface area contributed by atoms with Crippen molar-refractivity contribution < 1.29 is 0 Å². The molecule has 1 N–H and O–H groups in total. The SMILES string of the molecule is Cc1ccc(-n2cc[nH]c2=O)cn1. The second-order valence-corrected chi connectivity index (χ2v) is 2.79. The van der Waals surface area contributed by atoms with Crippen molar-refractivity contribution >= 4 is 0 Å². The standard InChI is InChI=1S/C9H9N3O/c1-7-2-3-8(6-11-7)12-5-4-10-9(12)13/h2-6H,1H3,(H,10,13). The van der Waals surface area contributed by atoms with Crippen LogP contribution in [0.3, 0.4) is 0 Å². The Balaban J connectivity index is 2.54. The highest BCUT2D eigenvalue weighted by atomic mass is 16.1. The molecule has 0 aliphatic heterocycles. The molecule has 0 fully saturated rings. The van der Waals surface area contributed by atoms with Gasteiger partial charge in [-0.1, -0.05) is 0 Å². The minimum Gasteiger partial charge on any atom is -0.312 e. The average Bonchev–Trinajstić information content (AvgIpc) is 2.53. The first-order chi connectivity index (χ1) is 6.27. The van der Waals surface area contributed by atoms with Gasteiger partial charge in [0.1, 0.15) is 0 Å². The van der Waals surface area contributed by atoms with Gasteiger partial charge in [0.25, 0.3) is 0 Å². The molecule has 0 bridgehead atoms. The Morgan fingerprint density at radius 3 is 2.85 bits per heavy atom. The molecule has 2 aromatic heterocycles. The summed E-state index contributed by atoms with van der Waals surface area (Å²) in [5, 5.41) is 0. The number of aromatic nitrogens is 3. The van der Waals surface area contributed by atoms with E-state index in [1.807, 2.05) is 19.1 Å². The maximum atomic E-state index is 11.2. The summed E-state index contributed by atoms with van der Waals surface area (Å²) in [4.78, 5) is 17.8. The fraction of sp³-hybridized carbons (Fsp3) is 0.111. The van der Waals surface area contributed by atoms with Crippen molar-refractivity contribution in [3.8, 4) is 5.69 Å². The van der Waals surface area contributed by atoms with Gasteiger partial charge in [-0.3, -0.25) is 9.55 Å². The second-order valence-electron chi connectivity index (χ2n) is 2.79. The summed E-state index contributed by atoms with van der Waals surface area (Å²) in [5.41, 5.74) is 1.56. The Labute approximate surface area is 74.9 Å². The van der Waals surface area contributed by atoms with Gasteiger partial charge in [-0.2, -0.15) is 0 Å². The maximum Gasteiger partial charge on any atom is 0.330 e. The number of hydrogen-bond donors (Lipinski definition) is 1. The average molecular weight is 175 g/mol. The molecule has 0 radical (unpaired) electrons. The van der Waals surface area contributed by atoms with E-state index in [1.54, 1.807) is 18.6 Å². The van der Waals surface area contributed by atoms with E-state index in [0.717, 1.165) is 11.4 Å². The minimum atomic E-state index is -0.148. The summed E-state index contributed by atoms with van der Waals surface area (Å²) in [7, 11) is 0. The molecule has 4 heteroatoms. The molecule has 0 amide bonds. The molecule has 0 saturated carbocycles. The fourth-order valence-corrected chi connectivity index (χ4v) is 1.13. The van der Waals surface area contributed by atoms with E-state index < -0.39 is 0 Å². The molecule has 0 atom stereocenters. The molecule has 0 unspecified atom stereocenters. The van der Waals surface area contributed by atoms with E-state index in [1.165, 1.54) is 4.57 Å². The van der Waals surface area contributed by atoms with Crippen LogP contribution in [0.5, 0.6) is 0 Å². The Kier molecular flexibility index (Phi) is 1.73. The van der Waals surface area contributed by atoms with Crippen LogP contribution in [-0.2, 0) is 0 Å². The Morgan fingerprint density at radius 1 is 1.46 bits per heavy atom. The number of rotatable bonds is 1. The molecule has 13 heavy (non-hydrogen) atoms. The summed E-state index contributed by atoms with van der Waals surface area (Å²) in [6.07, 6.45) is 4.95. The largest absolute Gasteiger partial charge is 0.330 e. The van der Waals surface area contributed by atoms with Crippen molar-refractivity contribution in [3.63, 3.8) is 0 Å². The number of nitrogens with one attached hydrogen (secondary N) is 1. The molecule has 4 nitrogen and oxygen atoms in total. The molecule has 2 rings (SSSR count). The molecule has 66 valence electrons. The lowest BCUT2D eigenvalue weighted by molar-refractivity contribution is 0.970. The van der Waals surface area contributed by atoms with E-state index in [2.05, 4.69) is 9.97 Å². The molecule has 0 spiro atoms. The third-order valence-corrected chi connectivity index (χ3v) is 1.82. The van der Waals surface area contributed by atoms with Crippen LogP contribution >= 0.6 is 0 Å². The number of aryl methyl sites for hydroxylation is 1. The lowest BCUT2D eigenvalue weighted by Crippen LogP contribution is -2.14. The summed E-state index contributed by atoms with van der Waals surface area (Å²) < 4.78 is 1.51.